The van der Waals surface area contributed by atoms with Gasteiger partial charge < -0.3 is 15.6 Å². The number of benzene rings is 1. The molecule has 17 heavy (non-hydrogen) atoms. The topological polar surface area (TPSA) is 55.5 Å². The first-order valence-corrected chi connectivity index (χ1v) is 6.26. The zero-order chi connectivity index (χ0) is 12.5. The first-order valence-electron chi connectivity index (χ1n) is 6.26. The normalized spacial score (nSPS) is 22.0. The van der Waals surface area contributed by atoms with Crippen molar-refractivity contribution in [1.82, 2.24) is 0 Å². The quantitative estimate of drug-likeness (QED) is 0.841. The Labute approximate surface area is 103 Å². The van der Waals surface area contributed by atoms with Gasteiger partial charge in [-0.3, -0.25) is 0 Å². The molecule has 0 aromatic heterocycles. The highest BCUT2D eigenvalue weighted by Crippen LogP contribution is 2.35. The minimum absolute atomic E-state index is 0.139. The molecule has 0 aliphatic heterocycles. The van der Waals surface area contributed by atoms with E-state index in [-0.39, 0.29) is 6.04 Å². The SMILES string of the molecule is CCC(C)(O)COc1cccc2c1CCC2N. The van der Waals surface area contributed by atoms with Gasteiger partial charge in [-0.2, -0.15) is 0 Å². The lowest BCUT2D eigenvalue weighted by molar-refractivity contribution is 0.00821. The molecule has 0 radical (unpaired) electrons. The van der Waals surface area contributed by atoms with Gasteiger partial charge in [-0.05, 0) is 43.4 Å². The highest BCUT2D eigenvalue weighted by Gasteiger charge is 2.24. The number of hydrogen-bond donors (Lipinski definition) is 2. The molecular weight excluding hydrogens is 214 g/mol. The van der Waals surface area contributed by atoms with E-state index in [1.807, 2.05) is 19.1 Å². The summed E-state index contributed by atoms with van der Waals surface area (Å²) in [6.45, 7) is 4.08. The average molecular weight is 235 g/mol. The lowest BCUT2D eigenvalue weighted by Crippen LogP contribution is -2.31. The van der Waals surface area contributed by atoms with Crippen molar-refractivity contribution in [3.05, 3.63) is 29.3 Å². The molecule has 94 valence electrons. The maximum absolute atomic E-state index is 9.94. The van der Waals surface area contributed by atoms with Crippen LogP contribution in [-0.2, 0) is 6.42 Å². The Bertz CT molecular complexity index is 401. The summed E-state index contributed by atoms with van der Waals surface area (Å²) < 4.78 is 5.75. The first-order chi connectivity index (χ1) is 8.03. The van der Waals surface area contributed by atoms with E-state index >= 15 is 0 Å². The molecule has 0 amide bonds. The largest absolute Gasteiger partial charge is 0.490 e. The molecular formula is C14H21NO2. The van der Waals surface area contributed by atoms with Crippen molar-refractivity contribution in [3.63, 3.8) is 0 Å². The lowest BCUT2D eigenvalue weighted by Gasteiger charge is -2.22. The van der Waals surface area contributed by atoms with Gasteiger partial charge in [-0.1, -0.05) is 19.1 Å². The molecule has 0 saturated heterocycles. The van der Waals surface area contributed by atoms with Crippen LogP contribution < -0.4 is 10.5 Å². The molecule has 2 unspecified atom stereocenters. The number of nitrogens with two attached hydrogens (primary N) is 1. The van der Waals surface area contributed by atoms with E-state index in [9.17, 15) is 5.11 Å². The van der Waals surface area contributed by atoms with Crippen LogP contribution in [0.15, 0.2) is 18.2 Å². The molecule has 1 aromatic carbocycles. The van der Waals surface area contributed by atoms with Gasteiger partial charge in [0.2, 0.25) is 0 Å². The molecule has 0 fully saturated rings. The predicted octanol–water partition coefficient (Wildman–Crippen LogP) is 2.17. The molecule has 2 atom stereocenters. The Morgan fingerprint density at radius 1 is 1.53 bits per heavy atom. The summed E-state index contributed by atoms with van der Waals surface area (Å²) in [6, 6.07) is 6.14. The van der Waals surface area contributed by atoms with Gasteiger partial charge in [0, 0.05) is 6.04 Å². The summed E-state index contributed by atoms with van der Waals surface area (Å²) in [5.41, 5.74) is 7.67. The lowest BCUT2D eigenvalue weighted by atomic mass is 10.1. The molecule has 3 N–H and O–H groups in total. The van der Waals surface area contributed by atoms with E-state index in [0.29, 0.717) is 13.0 Å². The van der Waals surface area contributed by atoms with Crippen molar-refractivity contribution in [3.8, 4) is 5.75 Å². The average Bonchev–Trinajstić information content (AvgIpc) is 2.70. The van der Waals surface area contributed by atoms with Gasteiger partial charge in [-0.25, -0.2) is 0 Å². The fourth-order valence-electron chi connectivity index (χ4n) is 2.12. The highest BCUT2D eigenvalue weighted by molar-refractivity contribution is 5.44. The molecule has 2 rings (SSSR count). The number of aliphatic hydroxyl groups is 1. The molecule has 0 spiro atoms. The van der Waals surface area contributed by atoms with Crippen LogP contribution >= 0.6 is 0 Å². The summed E-state index contributed by atoms with van der Waals surface area (Å²) in [6.07, 6.45) is 2.64. The third-order valence-corrected chi connectivity index (χ3v) is 3.57. The minimum atomic E-state index is -0.760. The molecule has 1 aliphatic rings. The standard InChI is InChI=1S/C14H21NO2/c1-3-14(2,16)9-17-13-6-4-5-10-11(13)7-8-12(10)15/h4-6,12,16H,3,7-9,15H2,1-2H3. The second-order valence-electron chi connectivity index (χ2n) is 5.11. The van der Waals surface area contributed by atoms with Gasteiger partial charge in [0.15, 0.2) is 0 Å². The Balaban J connectivity index is 2.13. The fourth-order valence-corrected chi connectivity index (χ4v) is 2.12. The summed E-state index contributed by atoms with van der Waals surface area (Å²) >= 11 is 0. The zero-order valence-corrected chi connectivity index (χ0v) is 10.6. The van der Waals surface area contributed by atoms with Crippen LogP contribution in [0.5, 0.6) is 5.75 Å². The second-order valence-corrected chi connectivity index (χ2v) is 5.11. The minimum Gasteiger partial charge on any atom is -0.490 e. The monoisotopic (exact) mass is 235 g/mol. The van der Waals surface area contributed by atoms with E-state index in [4.69, 9.17) is 10.5 Å². The van der Waals surface area contributed by atoms with Crippen molar-refractivity contribution in [2.75, 3.05) is 6.61 Å². The van der Waals surface area contributed by atoms with Gasteiger partial charge in [0.25, 0.3) is 0 Å². The highest BCUT2D eigenvalue weighted by atomic mass is 16.5. The van der Waals surface area contributed by atoms with Crippen LogP contribution in [0.2, 0.25) is 0 Å². The number of ether oxygens (including phenoxy) is 1. The van der Waals surface area contributed by atoms with Crippen LogP contribution in [0.1, 0.15) is 43.9 Å². The Kier molecular flexibility index (Phi) is 3.40. The fraction of sp³-hybridized carbons (Fsp3) is 0.571. The van der Waals surface area contributed by atoms with E-state index in [2.05, 4.69) is 6.07 Å². The Hall–Kier alpha value is -1.06. The van der Waals surface area contributed by atoms with Crippen LogP contribution in [0.25, 0.3) is 0 Å². The van der Waals surface area contributed by atoms with E-state index in [1.165, 1.54) is 11.1 Å². The predicted molar refractivity (Wildman–Crippen MR) is 68.1 cm³/mol. The maximum atomic E-state index is 9.94. The van der Waals surface area contributed by atoms with Gasteiger partial charge >= 0.3 is 0 Å². The molecule has 0 saturated carbocycles. The molecule has 3 heteroatoms. The van der Waals surface area contributed by atoms with E-state index in [0.717, 1.165) is 18.6 Å². The molecule has 0 heterocycles. The second kappa shape index (κ2) is 4.67. The first kappa shape index (κ1) is 12.4. The van der Waals surface area contributed by atoms with Crippen LogP contribution in [0, 0.1) is 0 Å². The number of fused-ring (bicyclic) bond motifs is 1. The Morgan fingerprint density at radius 3 is 3.00 bits per heavy atom. The Morgan fingerprint density at radius 2 is 2.29 bits per heavy atom. The smallest absolute Gasteiger partial charge is 0.122 e. The van der Waals surface area contributed by atoms with Crippen molar-refractivity contribution < 1.29 is 9.84 Å². The van der Waals surface area contributed by atoms with Gasteiger partial charge in [-0.15, -0.1) is 0 Å². The van der Waals surface area contributed by atoms with Crippen molar-refractivity contribution in [1.29, 1.82) is 0 Å². The summed E-state index contributed by atoms with van der Waals surface area (Å²) in [5.74, 6) is 0.879. The molecule has 3 nitrogen and oxygen atoms in total. The number of rotatable bonds is 4. The molecule has 1 aliphatic carbocycles. The zero-order valence-electron chi connectivity index (χ0n) is 10.6. The van der Waals surface area contributed by atoms with Crippen LogP contribution in [0.3, 0.4) is 0 Å². The summed E-state index contributed by atoms with van der Waals surface area (Å²) in [7, 11) is 0. The van der Waals surface area contributed by atoms with Crippen molar-refractivity contribution in [2.24, 2.45) is 5.73 Å². The third kappa shape index (κ3) is 2.61. The molecule has 0 bridgehead atoms. The number of hydrogen-bond acceptors (Lipinski definition) is 3. The summed E-state index contributed by atoms with van der Waals surface area (Å²) in [5, 5.41) is 9.94. The van der Waals surface area contributed by atoms with Crippen molar-refractivity contribution in [2.45, 2.75) is 44.8 Å². The maximum Gasteiger partial charge on any atom is 0.122 e. The van der Waals surface area contributed by atoms with Crippen LogP contribution in [0.4, 0.5) is 0 Å². The van der Waals surface area contributed by atoms with Gasteiger partial charge in [0.05, 0.1) is 5.60 Å². The van der Waals surface area contributed by atoms with Crippen LogP contribution in [-0.4, -0.2) is 17.3 Å². The summed E-state index contributed by atoms with van der Waals surface area (Å²) in [4.78, 5) is 0. The third-order valence-electron chi connectivity index (χ3n) is 3.57. The van der Waals surface area contributed by atoms with Crippen molar-refractivity contribution >= 4 is 0 Å². The van der Waals surface area contributed by atoms with E-state index < -0.39 is 5.60 Å². The molecule has 1 aromatic rings. The van der Waals surface area contributed by atoms with E-state index in [1.54, 1.807) is 6.92 Å². The van der Waals surface area contributed by atoms with Gasteiger partial charge in [0.1, 0.15) is 12.4 Å².